The predicted molar refractivity (Wildman–Crippen MR) is 118 cm³/mol. The summed E-state index contributed by atoms with van der Waals surface area (Å²) in [5.41, 5.74) is 1.77. The van der Waals surface area contributed by atoms with Crippen molar-refractivity contribution in [3.8, 4) is 0 Å². The first kappa shape index (κ1) is 20.7. The molecular weight excluding hydrogens is 486 g/mol. The van der Waals surface area contributed by atoms with Gasteiger partial charge in [0.1, 0.15) is 0 Å². The highest BCUT2D eigenvalue weighted by atomic mass is 79.9. The molecule has 0 aromatic heterocycles. The summed E-state index contributed by atoms with van der Waals surface area (Å²) in [6, 6.07) is 16.4. The summed E-state index contributed by atoms with van der Waals surface area (Å²) in [4.78, 5) is 24.7. The quantitative estimate of drug-likeness (QED) is 0.410. The summed E-state index contributed by atoms with van der Waals surface area (Å²) in [7, 11) is 0. The zero-order chi connectivity index (χ0) is 20.3. The van der Waals surface area contributed by atoms with E-state index in [1.807, 2.05) is 0 Å². The molecule has 2 amide bonds. The van der Waals surface area contributed by atoms with E-state index in [2.05, 4.69) is 26.6 Å². The Morgan fingerprint density at radius 3 is 1.82 bits per heavy atom. The van der Waals surface area contributed by atoms with Crippen molar-refractivity contribution < 1.29 is 9.59 Å². The van der Waals surface area contributed by atoms with Crippen LogP contribution in [0.4, 0.5) is 11.4 Å². The van der Waals surface area contributed by atoms with Crippen LogP contribution >= 0.6 is 50.7 Å². The fourth-order valence-corrected chi connectivity index (χ4v) is 3.44. The fourth-order valence-electron chi connectivity index (χ4n) is 2.38. The molecule has 0 saturated heterocycles. The first-order valence-corrected chi connectivity index (χ1v) is 9.89. The van der Waals surface area contributed by atoms with Crippen molar-refractivity contribution in [3.63, 3.8) is 0 Å². The normalized spacial score (nSPS) is 10.4. The molecule has 0 aliphatic carbocycles. The summed E-state index contributed by atoms with van der Waals surface area (Å²) in [5, 5.41) is 6.57. The summed E-state index contributed by atoms with van der Waals surface area (Å²) < 4.78 is 0.751. The number of carbonyl (C=O) groups excluding carboxylic acids is 2. The zero-order valence-corrected chi connectivity index (χ0v) is 18.0. The minimum absolute atomic E-state index is 0.264. The maximum atomic E-state index is 12.4. The lowest BCUT2D eigenvalue weighted by atomic mass is 10.2. The van der Waals surface area contributed by atoms with Gasteiger partial charge in [-0.3, -0.25) is 9.59 Å². The van der Waals surface area contributed by atoms with Gasteiger partial charge in [-0.15, -0.1) is 0 Å². The van der Waals surface area contributed by atoms with Crippen molar-refractivity contribution in [1.82, 2.24) is 0 Å². The zero-order valence-electron chi connectivity index (χ0n) is 14.1. The third kappa shape index (κ3) is 5.06. The molecule has 0 aliphatic rings. The molecule has 0 aliphatic heterocycles. The number of anilines is 2. The molecule has 0 saturated carbocycles. The Labute approximate surface area is 184 Å². The fraction of sp³-hybridized carbons (Fsp3) is 0. The molecule has 142 valence electrons. The number of halogens is 4. The molecule has 0 atom stereocenters. The molecule has 0 bridgehead atoms. The maximum absolute atomic E-state index is 12.4. The number of hydrogen-bond acceptors (Lipinski definition) is 2. The number of amides is 2. The van der Waals surface area contributed by atoms with Crippen molar-refractivity contribution in [2.75, 3.05) is 10.6 Å². The molecule has 0 heterocycles. The SMILES string of the molecule is O=C(Nc1ccc(NC(=O)c2cc(Br)ccc2Cl)cc1)c1ccc(Cl)cc1Cl. The van der Waals surface area contributed by atoms with Crippen LogP contribution in [0.5, 0.6) is 0 Å². The molecule has 3 aromatic carbocycles. The van der Waals surface area contributed by atoms with Gasteiger partial charge in [-0.25, -0.2) is 0 Å². The number of rotatable bonds is 4. The van der Waals surface area contributed by atoms with Crippen LogP contribution in [-0.2, 0) is 0 Å². The van der Waals surface area contributed by atoms with Crippen LogP contribution in [0.25, 0.3) is 0 Å². The van der Waals surface area contributed by atoms with Gasteiger partial charge in [-0.1, -0.05) is 50.7 Å². The minimum Gasteiger partial charge on any atom is -0.322 e. The van der Waals surface area contributed by atoms with Gasteiger partial charge >= 0.3 is 0 Å². The standard InChI is InChI=1S/C20H12BrCl3N2O2/c21-11-1-8-17(23)16(9-11)20(28)26-14-5-3-13(4-6-14)25-19(27)15-7-2-12(22)10-18(15)24/h1-10H,(H,25,27)(H,26,28). The Morgan fingerprint density at radius 1 is 0.679 bits per heavy atom. The Bertz CT molecular complexity index is 1060. The molecule has 8 heteroatoms. The summed E-state index contributed by atoms with van der Waals surface area (Å²) >= 11 is 21.3. The van der Waals surface area contributed by atoms with E-state index < -0.39 is 0 Å². The van der Waals surface area contributed by atoms with Gasteiger partial charge in [-0.05, 0) is 60.7 Å². The Kier molecular flexibility index (Phi) is 6.62. The van der Waals surface area contributed by atoms with Crippen LogP contribution in [-0.4, -0.2) is 11.8 Å². The second-order valence-corrected chi connectivity index (χ2v) is 7.90. The third-order valence-corrected chi connectivity index (χ3v) is 5.12. The minimum atomic E-state index is -0.362. The van der Waals surface area contributed by atoms with Crippen LogP contribution in [0.2, 0.25) is 15.1 Å². The second-order valence-electron chi connectivity index (χ2n) is 5.73. The molecule has 0 radical (unpaired) electrons. The van der Waals surface area contributed by atoms with Crippen molar-refractivity contribution >= 4 is 73.9 Å². The van der Waals surface area contributed by atoms with E-state index in [9.17, 15) is 9.59 Å². The Balaban J connectivity index is 1.68. The second kappa shape index (κ2) is 8.97. The topological polar surface area (TPSA) is 58.2 Å². The van der Waals surface area contributed by atoms with E-state index in [0.29, 0.717) is 32.5 Å². The van der Waals surface area contributed by atoms with E-state index >= 15 is 0 Å². The van der Waals surface area contributed by atoms with Crippen molar-refractivity contribution in [3.05, 3.63) is 91.3 Å². The van der Waals surface area contributed by atoms with Crippen LogP contribution in [0, 0.1) is 0 Å². The molecule has 4 nitrogen and oxygen atoms in total. The average Bonchev–Trinajstić information content (AvgIpc) is 2.65. The molecule has 0 fully saturated rings. The lowest BCUT2D eigenvalue weighted by molar-refractivity contribution is 0.101. The van der Waals surface area contributed by atoms with Crippen LogP contribution in [0.15, 0.2) is 65.1 Å². The molecule has 3 rings (SSSR count). The molecule has 0 unspecified atom stereocenters. The maximum Gasteiger partial charge on any atom is 0.257 e. The first-order valence-electron chi connectivity index (χ1n) is 7.96. The lowest BCUT2D eigenvalue weighted by Gasteiger charge is -2.10. The lowest BCUT2D eigenvalue weighted by Crippen LogP contribution is -2.14. The van der Waals surface area contributed by atoms with Crippen molar-refractivity contribution in [2.24, 2.45) is 0 Å². The van der Waals surface area contributed by atoms with Gasteiger partial charge in [0, 0.05) is 20.9 Å². The van der Waals surface area contributed by atoms with Gasteiger partial charge < -0.3 is 10.6 Å². The highest BCUT2D eigenvalue weighted by Crippen LogP contribution is 2.24. The van der Waals surface area contributed by atoms with E-state index in [1.165, 1.54) is 6.07 Å². The highest BCUT2D eigenvalue weighted by molar-refractivity contribution is 9.10. The summed E-state index contributed by atoms with van der Waals surface area (Å²) in [6.45, 7) is 0. The molecular formula is C20H12BrCl3N2O2. The third-order valence-electron chi connectivity index (χ3n) is 3.75. The smallest absolute Gasteiger partial charge is 0.257 e. The molecule has 0 spiro atoms. The molecule has 28 heavy (non-hydrogen) atoms. The average molecular weight is 499 g/mol. The van der Waals surface area contributed by atoms with Crippen LogP contribution < -0.4 is 10.6 Å². The van der Waals surface area contributed by atoms with Gasteiger partial charge in [0.05, 0.1) is 21.2 Å². The highest BCUT2D eigenvalue weighted by Gasteiger charge is 2.13. The van der Waals surface area contributed by atoms with E-state index in [-0.39, 0.29) is 16.8 Å². The van der Waals surface area contributed by atoms with Gasteiger partial charge in [0.25, 0.3) is 11.8 Å². The number of benzene rings is 3. The number of carbonyl (C=O) groups is 2. The monoisotopic (exact) mass is 496 g/mol. The summed E-state index contributed by atoms with van der Waals surface area (Å²) in [5.74, 6) is -0.699. The molecule has 3 aromatic rings. The van der Waals surface area contributed by atoms with E-state index in [0.717, 1.165) is 4.47 Å². The number of nitrogens with one attached hydrogen (secondary N) is 2. The number of hydrogen-bond donors (Lipinski definition) is 2. The largest absolute Gasteiger partial charge is 0.322 e. The van der Waals surface area contributed by atoms with Gasteiger partial charge in [0.15, 0.2) is 0 Å². The molecule has 2 N–H and O–H groups in total. The van der Waals surface area contributed by atoms with Crippen molar-refractivity contribution in [1.29, 1.82) is 0 Å². The Morgan fingerprint density at radius 2 is 1.25 bits per heavy atom. The summed E-state index contributed by atoms with van der Waals surface area (Å²) in [6.07, 6.45) is 0. The van der Waals surface area contributed by atoms with Crippen LogP contribution in [0.1, 0.15) is 20.7 Å². The first-order chi connectivity index (χ1) is 13.3. The van der Waals surface area contributed by atoms with Gasteiger partial charge in [-0.2, -0.15) is 0 Å². The van der Waals surface area contributed by atoms with E-state index in [4.69, 9.17) is 34.8 Å². The van der Waals surface area contributed by atoms with Crippen molar-refractivity contribution in [2.45, 2.75) is 0 Å². The predicted octanol–water partition coefficient (Wildman–Crippen LogP) is 6.91. The van der Waals surface area contributed by atoms with Gasteiger partial charge in [0.2, 0.25) is 0 Å². The Hall–Kier alpha value is -2.05. The van der Waals surface area contributed by atoms with Crippen LogP contribution in [0.3, 0.4) is 0 Å². The van der Waals surface area contributed by atoms with E-state index in [1.54, 1.807) is 54.6 Å².